The van der Waals surface area contributed by atoms with Gasteiger partial charge in [-0.25, -0.2) is 0 Å². The number of aryl methyl sites for hydroxylation is 3. The van der Waals surface area contributed by atoms with E-state index in [1.54, 1.807) is 0 Å². The van der Waals surface area contributed by atoms with Gasteiger partial charge in [0.15, 0.2) is 0 Å². The van der Waals surface area contributed by atoms with Gasteiger partial charge in [0.2, 0.25) is 5.91 Å². The van der Waals surface area contributed by atoms with Crippen molar-refractivity contribution in [2.24, 2.45) is 0 Å². The van der Waals surface area contributed by atoms with Gasteiger partial charge in [0, 0.05) is 37.6 Å². The van der Waals surface area contributed by atoms with Gasteiger partial charge >= 0.3 is 0 Å². The highest BCUT2D eigenvalue weighted by atomic mass is 16.2. The van der Waals surface area contributed by atoms with Crippen molar-refractivity contribution in [3.8, 4) is 0 Å². The first kappa shape index (κ1) is 20.0. The van der Waals surface area contributed by atoms with Crippen molar-refractivity contribution in [2.45, 2.75) is 46.0 Å². The average Bonchev–Trinajstić information content (AvgIpc) is 3.51. The molecule has 1 saturated heterocycles. The smallest absolute Gasteiger partial charge is 0.235 e. The van der Waals surface area contributed by atoms with Crippen LogP contribution in [0.5, 0.6) is 0 Å². The highest BCUT2D eigenvalue weighted by Crippen LogP contribution is 2.49. The second-order valence-corrected chi connectivity index (χ2v) is 8.83. The van der Waals surface area contributed by atoms with Crippen LogP contribution in [0.4, 0.5) is 11.4 Å². The summed E-state index contributed by atoms with van der Waals surface area (Å²) in [5, 5.41) is 3.23. The Morgan fingerprint density at radius 2 is 1.62 bits per heavy atom. The van der Waals surface area contributed by atoms with E-state index in [2.05, 4.69) is 79.2 Å². The molecular formula is C25H33N3O. The number of nitrogens with one attached hydrogen (secondary N) is 1. The summed E-state index contributed by atoms with van der Waals surface area (Å²) in [5.74, 6) is 0.134. The summed E-state index contributed by atoms with van der Waals surface area (Å²) in [4.78, 5) is 18.1. The summed E-state index contributed by atoms with van der Waals surface area (Å²) in [7, 11) is 0. The normalized spacial score (nSPS) is 18.6. The van der Waals surface area contributed by atoms with Crippen LogP contribution in [0.3, 0.4) is 0 Å². The largest absolute Gasteiger partial charge is 0.369 e. The number of carbonyl (C=O) groups excluding carboxylic acids is 1. The highest BCUT2D eigenvalue weighted by molar-refractivity contribution is 6.02. The van der Waals surface area contributed by atoms with Crippen molar-refractivity contribution in [1.29, 1.82) is 0 Å². The molecule has 4 rings (SSSR count). The van der Waals surface area contributed by atoms with Crippen molar-refractivity contribution < 1.29 is 4.79 Å². The number of anilines is 2. The Hall–Kier alpha value is -2.33. The third-order valence-corrected chi connectivity index (χ3v) is 6.60. The van der Waals surface area contributed by atoms with Gasteiger partial charge in [0.05, 0.1) is 5.41 Å². The van der Waals surface area contributed by atoms with Gasteiger partial charge in [-0.2, -0.15) is 0 Å². The summed E-state index contributed by atoms with van der Waals surface area (Å²) < 4.78 is 0. The van der Waals surface area contributed by atoms with Gasteiger partial charge in [-0.15, -0.1) is 0 Å². The van der Waals surface area contributed by atoms with E-state index in [1.165, 1.54) is 16.8 Å². The standard InChI is InChI=1S/C25H33N3O/c1-5-27-10-12-28(13-11-27)22-6-7-23(20(4)17-22)26-24(29)25(8-9-25)21-15-18(2)14-19(3)16-21/h6-7,14-17H,5,8-13H2,1-4H3,(H,26,29). The molecule has 154 valence electrons. The third-order valence-electron chi connectivity index (χ3n) is 6.60. The van der Waals surface area contributed by atoms with Crippen LogP contribution in [0, 0.1) is 20.8 Å². The van der Waals surface area contributed by atoms with Crippen molar-refractivity contribution >= 4 is 17.3 Å². The number of piperazine rings is 1. The lowest BCUT2D eigenvalue weighted by Gasteiger charge is -2.35. The predicted octanol–water partition coefficient (Wildman–Crippen LogP) is 4.42. The molecule has 0 aromatic heterocycles. The SMILES string of the molecule is CCN1CCN(c2ccc(NC(=O)C3(c4cc(C)cc(C)c4)CC3)c(C)c2)CC1. The molecule has 0 bridgehead atoms. The minimum Gasteiger partial charge on any atom is -0.369 e. The molecule has 1 N–H and O–H groups in total. The van der Waals surface area contributed by atoms with E-state index in [4.69, 9.17) is 0 Å². The van der Waals surface area contributed by atoms with Crippen LogP contribution >= 0.6 is 0 Å². The monoisotopic (exact) mass is 391 g/mol. The van der Waals surface area contributed by atoms with E-state index >= 15 is 0 Å². The van der Waals surface area contributed by atoms with Gasteiger partial charge in [0.25, 0.3) is 0 Å². The molecule has 4 nitrogen and oxygen atoms in total. The van der Waals surface area contributed by atoms with Crippen LogP contribution in [0.1, 0.15) is 42.0 Å². The minimum atomic E-state index is -0.349. The molecule has 0 unspecified atom stereocenters. The van der Waals surface area contributed by atoms with E-state index < -0.39 is 0 Å². The molecule has 1 heterocycles. The van der Waals surface area contributed by atoms with Gasteiger partial charge < -0.3 is 15.1 Å². The number of carbonyl (C=O) groups is 1. The summed E-state index contributed by atoms with van der Waals surface area (Å²) in [6.07, 6.45) is 1.86. The van der Waals surface area contributed by atoms with Crippen LogP contribution in [0.2, 0.25) is 0 Å². The summed E-state index contributed by atoms with van der Waals surface area (Å²) in [6.45, 7) is 14.0. The summed E-state index contributed by atoms with van der Waals surface area (Å²) in [5.41, 5.74) is 6.58. The average molecular weight is 392 g/mol. The summed E-state index contributed by atoms with van der Waals surface area (Å²) >= 11 is 0. The fourth-order valence-electron chi connectivity index (χ4n) is 4.57. The van der Waals surface area contributed by atoms with Crippen LogP contribution in [0.25, 0.3) is 0 Å². The first-order valence-electron chi connectivity index (χ1n) is 10.9. The van der Waals surface area contributed by atoms with Gasteiger partial charge in [-0.05, 0) is 69.5 Å². The lowest BCUT2D eigenvalue weighted by Crippen LogP contribution is -2.46. The van der Waals surface area contributed by atoms with Crippen LogP contribution in [-0.2, 0) is 10.2 Å². The van der Waals surface area contributed by atoms with Crippen LogP contribution in [-0.4, -0.2) is 43.5 Å². The Morgan fingerprint density at radius 1 is 0.966 bits per heavy atom. The second-order valence-electron chi connectivity index (χ2n) is 8.83. The minimum absolute atomic E-state index is 0.134. The van der Waals surface area contributed by atoms with E-state index in [-0.39, 0.29) is 11.3 Å². The number of benzene rings is 2. The molecule has 2 aromatic carbocycles. The lowest BCUT2D eigenvalue weighted by atomic mass is 9.92. The fraction of sp³-hybridized carbons (Fsp3) is 0.480. The zero-order valence-corrected chi connectivity index (χ0v) is 18.2. The number of hydrogen-bond acceptors (Lipinski definition) is 3. The molecule has 0 radical (unpaired) electrons. The van der Waals surface area contributed by atoms with Crippen molar-refractivity contribution in [1.82, 2.24) is 4.90 Å². The number of rotatable bonds is 5. The fourth-order valence-corrected chi connectivity index (χ4v) is 4.57. The molecule has 0 spiro atoms. The van der Waals surface area contributed by atoms with Crippen LogP contribution in [0.15, 0.2) is 36.4 Å². The molecule has 1 saturated carbocycles. The molecule has 4 heteroatoms. The number of hydrogen-bond donors (Lipinski definition) is 1. The van der Waals surface area contributed by atoms with Crippen molar-refractivity contribution in [3.63, 3.8) is 0 Å². The molecule has 29 heavy (non-hydrogen) atoms. The number of nitrogens with zero attached hydrogens (tertiary/aromatic N) is 2. The van der Waals surface area contributed by atoms with Crippen molar-refractivity contribution in [2.75, 3.05) is 42.9 Å². The molecular weight excluding hydrogens is 358 g/mol. The second kappa shape index (κ2) is 7.83. The van der Waals surface area contributed by atoms with Gasteiger partial charge in [-0.1, -0.05) is 36.2 Å². The molecule has 1 amide bonds. The zero-order valence-electron chi connectivity index (χ0n) is 18.2. The Labute approximate surface area is 174 Å². The van der Waals surface area contributed by atoms with Crippen molar-refractivity contribution in [3.05, 3.63) is 58.7 Å². The number of likely N-dealkylation sites (N-methyl/N-ethyl adjacent to an activating group) is 1. The topological polar surface area (TPSA) is 35.6 Å². The van der Waals surface area contributed by atoms with E-state index in [9.17, 15) is 4.79 Å². The molecule has 2 aliphatic rings. The van der Waals surface area contributed by atoms with Gasteiger partial charge in [-0.3, -0.25) is 4.79 Å². The van der Waals surface area contributed by atoms with Crippen LogP contribution < -0.4 is 10.2 Å². The van der Waals surface area contributed by atoms with E-state index in [0.717, 1.165) is 62.4 Å². The molecule has 1 aliphatic carbocycles. The Bertz CT molecular complexity index is 888. The molecule has 1 aliphatic heterocycles. The maximum absolute atomic E-state index is 13.2. The maximum Gasteiger partial charge on any atom is 0.235 e. The van der Waals surface area contributed by atoms with Gasteiger partial charge in [0.1, 0.15) is 0 Å². The maximum atomic E-state index is 13.2. The molecule has 0 atom stereocenters. The third kappa shape index (κ3) is 4.04. The number of amides is 1. The molecule has 2 fully saturated rings. The highest BCUT2D eigenvalue weighted by Gasteiger charge is 2.51. The predicted molar refractivity (Wildman–Crippen MR) is 121 cm³/mol. The Kier molecular flexibility index (Phi) is 5.39. The Morgan fingerprint density at radius 3 is 2.17 bits per heavy atom. The molecule has 2 aromatic rings. The first-order chi connectivity index (χ1) is 13.9. The quantitative estimate of drug-likeness (QED) is 0.819. The Balaban J connectivity index is 1.48. The first-order valence-corrected chi connectivity index (χ1v) is 10.9. The van der Waals surface area contributed by atoms with E-state index in [0.29, 0.717) is 0 Å². The summed E-state index contributed by atoms with van der Waals surface area (Å²) in [6, 6.07) is 13.0. The van der Waals surface area contributed by atoms with E-state index in [1.807, 2.05) is 0 Å². The lowest BCUT2D eigenvalue weighted by molar-refractivity contribution is -0.118. The zero-order chi connectivity index (χ0) is 20.6.